The molecule has 1 aromatic carbocycles. The summed E-state index contributed by atoms with van der Waals surface area (Å²) < 4.78 is 1.91. The Balaban J connectivity index is 1.33. The summed E-state index contributed by atoms with van der Waals surface area (Å²) in [6.07, 6.45) is 8.12. The van der Waals surface area contributed by atoms with E-state index in [1.54, 1.807) is 0 Å². The van der Waals surface area contributed by atoms with Gasteiger partial charge in [0.1, 0.15) is 11.3 Å². The Morgan fingerprint density at radius 1 is 1.11 bits per heavy atom. The zero-order chi connectivity index (χ0) is 18.6. The lowest BCUT2D eigenvalue weighted by Gasteiger charge is -2.33. The minimum Gasteiger partial charge on any atom is -0.335 e. The largest absolute Gasteiger partial charge is 0.335 e. The minimum absolute atomic E-state index is 0.0239. The normalized spacial score (nSPS) is 15.7. The Bertz CT molecular complexity index is 953. The molecule has 2 aromatic heterocycles. The molecule has 1 aliphatic rings. The number of hydrogen-bond donors (Lipinski definition) is 0. The molecule has 0 bridgehead atoms. The molecule has 1 saturated heterocycles. The number of piperazine rings is 1. The van der Waals surface area contributed by atoms with E-state index in [2.05, 4.69) is 34.2 Å². The van der Waals surface area contributed by atoms with Crippen molar-refractivity contribution in [3.05, 3.63) is 77.8 Å². The molecule has 0 radical (unpaired) electrons. The first-order chi connectivity index (χ1) is 13.2. The van der Waals surface area contributed by atoms with Crippen molar-refractivity contribution in [2.75, 3.05) is 32.7 Å². The van der Waals surface area contributed by atoms with E-state index < -0.39 is 0 Å². The summed E-state index contributed by atoms with van der Waals surface area (Å²) in [6, 6.07) is 14.3. The predicted octanol–water partition coefficient (Wildman–Crippen LogP) is 3.11. The maximum absolute atomic E-state index is 12.8. The Morgan fingerprint density at radius 3 is 2.67 bits per heavy atom. The Labute approximate surface area is 159 Å². The molecule has 1 aliphatic heterocycles. The van der Waals surface area contributed by atoms with Gasteiger partial charge in [-0.15, -0.1) is 0 Å². The Hall–Kier alpha value is -2.92. The van der Waals surface area contributed by atoms with Gasteiger partial charge in [-0.1, -0.05) is 42.5 Å². The van der Waals surface area contributed by atoms with E-state index in [0.717, 1.165) is 43.9 Å². The van der Waals surface area contributed by atoms with E-state index in [4.69, 9.17) is 0 Å². The third-order valence-electron chi connectivity index (χ3n) is 4.97. The molecular formula is C22H24N4O. The molecule has 0 unspecified atom stereocenters. The summed E-state index contributed by atoms with van der Waals surface area (Å²) in [6.45, 7) is 6.19. The van der Waals surface area contributed by atoms with E-state index in [1.807, 2.05) is 58.9 Å². The molecule has 1 amide bonds. The van der Waals surface area contributed by atoms with Crippen LogP contribution in [0.2, 0.25) is 0 Å². The lowest BCUT2D eigenvalue weighted by molar-refractivity contribution is 0.0645. The van der Waals surface area contributed by atoms with Crippen LogP contribution in [0.4, 0.5) is 0 Å². The second-order valence-corrected chi connectivity index (χ2v) is 7.00. The smallest absolute Gasteiger partial charge is 0.274 e. The van der Waals surface area contributed by atoms with Crippen molar-refractivity contribution in [1.82, 2.24) is 19.2 Å². The van der Waals surface area contributed by atoms with E-state index in [1.165, 1.54) is 5.56 Å². The molecule has 1 fully saturated rings. The van der Waals surface area contributed by atoms with Crippen LogP contribution in [0, 0.1) is 6.92 Å². The molecule has 0 atom stereocenters. The Morgan fingerprint density at radius 2 is 1.89 bits per heavy atom. The van der Waals surface area contributed by atoms with Crippen molar-refractivity contribution in [2.24, 2.45) is 0 Å². The van der Waals surface area contributed by atoms with Gasteiger partial charge in [0.15, 0.2) is 0 Å². The van der Waals surface area contributed by atoms with Gasteiger partial charge in [-0.2, -0.15) is 0 Å². The first-order valence-electron chi connectivity index (χ1n) is 9.38. The highest BCUT2D eigenvalue weighted by molar-refractivity contribution is 5.93. The fourth-order valence-electron chi connectivity index (χ4n) is 3.38. The van der Waals surface area contributed by atoms with Crippen LogP contribution in [0.3, 0.4) is 0 Å². The molecule has 3 heterocycles. The summed E-state index contributed by atoms with van der Waals surface area (Å²) in [5.41, 5.74) is 3.71. The highest BCUT2D eigenvalue weighted by Gasteiger charge is 2.23. The van der Waals surface area contributed by atoms with Crippen LogP contribution in [-0.2, 0) is 0 Å². The summed E-state index contributed by atoms with van der Waals surface area (Å²) >= 11 is 0. The van der Waals surface area contributed by atoms with E-state index in [0.29, 0.717) is 5.69 Å². The number of aromatic nitrogens is 2. The number of hydrogen-bond acceptors (Lipinski definition) is 3. The van der Waals surface area contributed by atoms with Gasteiger partial charge < -0.3 is 9.30 Å². The quantitative estimate of drug-likeness (QED) is 0.718. The standard InChI is InChI=1S/C22H24N4O/c1-18-9-11-26-17-20(23-21(26)16-18)22(27)25-14-12-24(13-15-25)10-5-8-19-6-3-2-4-7-19/h2-9,11,16-17H,10,12-15H2,1H3/b8-5+. The van der Waals surface area contributed by atoms with Crippen LogP contribution in [-0.4, -0.2) is 57.8 Å². The first kappa shape index (κ1) is 17.5. The Kier molecular flexibility index (Phi) is 5.03. The van der Waals surface area contributed by atoms with Crippen LogP contribution in [0.1, 0.15) is 21.6 Å². The summed E-state index contributed by atoms with van der Waals surface area (Å²) in [7, 11) is 0. The number of pyridine rings is 1. The fraction of sp³-hybridized carbons (Fsp3) is 0.273. The molecule has 0 aliphatic carbocycles. The number of nitrogens with zero attached hydrogens (tertiary/aromatic N) is 4. The molecule has 0 spiro atoms. The lowest BCUT2D eigenvalue weighted by atomic mass is 10.2. The number of imidazole rings is 1. The van der Waals surface area contributed by atoms with Crippen molar-refractivity contribution in [3.8, 4) is 0 Å². The summed E-state index contributed by atoms with van der Waals surface area (Å²) in [5, 5.41) is 0. The van der Waals surface area contributed by atoms with E-state index in [-0.39, 0.29) is 5.91 Å². The second-order valence-electron chi connectivity index (χ2n) is 7.00. The summed E-state index contributed by atoms with van der Waals surface area (Å²) in [5.74, 6) is 0.0239. The molecule has 3 aromatic rings. The minimum atomic E-state index is 0.0239. The highest BCUT2D eigenvalue weighted by Crippen LogP contribution is 2.12. The number of amides is 1. The van der Waals surface area contributed by atoms with Crippen LogP contribution in [0.5, 0.6) is 0 Å². The van der Waals surface area contributed by atoms with Crippen molar-refractivity contribution in [2.45, 2.75) is 6.92 Å². The van der Waals surface area contributed by atoms with Gasteiger partial charge in [0, 0.05) is 45.1 Å². The average molecular weight is 360 g/mol. The number of fused-ring (bicyclic) bond motifs is 1. The predicted molar refractivity (Wildman–Crippen MR) is 108 cm³/mol. The second kappa shape index (κ2) is 7.76. The molecular weight excluding hydrogens is 336 g/mol. The monoisotopic (exact) mass is 360 g/mol. The van der Waals surface area contributed by atoms with Crippen molar-refractivity contribution in [3.63, 3.8) is 0 Å². The lowest BCUT2D eigenvalue weighted by Crippen LogP contribution is -2.48. The maximum atomic E-state index is 12.8. The van der Waals surface area contributed by atoms with Gasteiger partial charge in [0.2, 0.25) is 0 Å². The van der Waals surface area contributed by atoms with Crippen molar-refractivity contribution in [1.29, 1.82) is 0 Å². The van der Waals surface area contributed by atoms with Gasteiger partial charge in [0.05, 0.1) is 0 Å². The summed E-state index contributed by atoms with van der Waals surface area (Å²) in [4.78, 5) is 21.6. The van der Waals surface area contributed by atoms with E-state index >= 15 is 0 Å². The average Bonchev–Trinajstić information content (AvgIpc) is 3.12. The molecule has 5 nitrogen and oxygen atoms in total. The fourth-order valence-corrected chi connectivity index (χ4v) is 3.38. The zero-order valence-electron chi connectivity index (χ0n) is 15.6. The first-order valence-corrected chi connectivity index (χ1v) is 9.38. The van der Waals surface area contributed by atoms with Gasteiger partial charge in [0.25, 0.3) is 5.91 Å². The van der Waals surface area contributed by atoms with Crippen molar-refractivity contribution >= 4 is 17.6 Å². The molecule has 27 heavy (non-hydrogen) atoms. The number of aryl methyl sites for hydroxylation is 1. The SMILES string of the molecule is Cc1ccn2cc(C(=O)N3CCN(C/C=C/c4ccccc4)CC3)nc2c1. The van der Waals surface area contributed by atoms with Gasteiger partial charge in [-0.05, 0) is 30.2 Å². The van der Waals surface area contributed by atoms with Crippen LogP contribution < -0.4 is 0 Å². The van der Waals surface area contributed by atoms with Gasteiger partial charge >= 0.3 is 0 Å². The van der Waals surface area contributed by atoms with Crippen LogP contribution >= 0.6 is 0 Å². The molecule has 0 N–H and O–H groups in total. The molecule has 4 rings (SSSR count). The topological polar surface area (TPSA) is 40.9 Å². The van der Waals surface area contributed by atoms with Gasteiger partial charge in [-0.25, -0.2) is 4.98 Å². The number of rotatable bonds is 4. The highest BCUT2D eigenvalue weighted by atomic mass is 16.2. The zero-order valence-corrected chi connectivity index (χ0v) is 15.6. The molecule has 138 valence electrons. The molecule has 0 saturated carbocycles. The number of carbonyl (C=O) groups excluding carboxylic acids is 1. The third-order valence-corrected chi connectivity index (χ3v) is 4.97. The molecule has 5 heteroatoms. The maximum Gasteiger partial charge on any atom is 0.274 e. The number of carbonyl (C=O) groups is 1. The van der Waals surface area contributed by atoms with E-state index in [9.17, 15) is 4.79 Å². The van der Waals surface area contributed by atoms with Crippen LogP contribution in [0.25, 0.3) is 11.7 Å². The third kappa shape index (κ3) is 4.09. The van der Waals surface area contributed by atoms with Crippen molar-refractivity contribution < 1.29 is 4.79 Å². The van der Waals surface area contributed by atoms with Crippen LogP contribution in [0.15, 0.2) is 60.9 Å². The number of benzene rings is 1. The van der Waals surface area contributed by atoms with Gasteiger partial charge in [-0.3, -0.25) is 9.69 Å².